The van der Waals surface area contributed by atoms with Gasteiger partial charge in [-0.2, -0.15) is 0 Å². The molecule has 0 spiro atoms. The van der Waals surface area contributed by atoms with E-state index >= 15 is 0 Å². The number of barbiturate groups is 1. The summed E-state index contributed by atoms with van der Waals surface area (Å²) in [5.41, 5.74) is 0.699. The second-order valence-corrected chi connectivity index (χ2v) is 8.72. The Kier molecular flexibility index (Phi) is 6.36. The molecule has 2 aliphatic rings. The molecule has 11 heteroatoms. The van der Waals surface area contributed by atoms with Crippen LogP contribution in [0.1, 0.15) is 15.9 Å². The number of ether oxygens (including phenoxy) is 4. The fraction of sp³-hybridized carbons (Fsp3) is 0.0769. The van der Waals surface area contributed by atoms with E-state index in [9.17, 15) is 19.2 Å². The molecule has 3 aromatic carbocycles. The number of rotatable bonds is 5. The largest absolute Gasteiger partial charge is 0.493 e. The van der Waals surface area contributed by atoms with Gasteiger partial charge >= 0.3 is 12.0 Å². The highest BCUT2D eigenvalue weighted by atomic mass is 79.9. The lowest BCUT2D eigenvalue weighted by Crippen LogP contribution is -2.54. The highest BCUT2D eigenvalue weighted by Gasteiger charge is 2.36. The molecule has 0 bridgehead atoms. The number of hydrogen-bond acceptors (Lipinski definition) is 8. The third-order valence-electron chi connectivity index (χ3n) is 5.50. The van der Waals surface area contributed by atoms with Crippen LogP contribution in [-0.2, 0) is 9.59 Å². The lowest BCUT2D eigenvalue weighted by atomic mass is 10.1. The predicted molar refractivity (Wildman–Crippen MR) is 134 cm³/mol. The number of imide groups is 2. The molecule has 2 aliphatic heterocycles. The lowest BCUT2D eigenvalue weighted by Gasteiger charge is -2.26. The van der Waals surface area contributed by atoms with E-state index in [0.717, 1.165) is 9.37 Å². The van der Waals surface area contributed by atoms with E-state index in [2.05, 4.69) is 21.2 Å². The second kappa shape index (κ2) is 9.78. The zero-order valence-corrected chi connectivity index (χ0v) is 20.7. The molecule has 1 N–H and O–H groups in total. The Balaban J connectivity index is 1.40. The van der Waals surface area contributed by atoms with Crippen molar-refractivity contribution in [3.8, 4) is 23.0 Å². The van der Waals surface area contributed by atoms with Gasteiger partial charge in [-0.25, -0.2) is 14.5 Å². The fourth-order valence-electron chi connectivity index (χ4n) is 3.69. The van der Waals surface area contributed by atoms with Gasteiger partial charge in [0, 0.05) is 4.47 Å². The minimum Gasteiger partial charge on any atom is -0.493 e. The minimum atomic E-state index is -0.849. The van der Waals surface area contributed by atoms with E-state index in [1.54, 1.807) is 42.5 Å². The van der Waals surface area contributed by atoms with Gasteiger partial charge in [-0.3, -0.25) is 14.9 Å². The molecule has 0 unspecified atom stereocenters. The molecule has 186 valence electrons. The van der Waals surface area contributed by atoms with Crippen molar-refractivity contribution < 1.29 is 38.1 Å². The predicted octanol–water partition coefficient (Wildman–Crippen LogP) is 4.07. The van der Waals surface area contributed by atoms with Crippen LogP contribution >= 0.6 is 15.9 Å². The van der Waals surface area contributed by atoms with Gasteiger partial charge in [0.25, 0.3) is 11.8 Å². The van der Waals surface area contributed by atoms with Gasteiger partial charge in [-0.05, 0) is 66.2 Å². The number of nitrogens with zero attached hydrogens (tertiary/aromatic N) is 1. The Bertz CT molecular complexity index is 1480. The van der Waals surface area contributed by atoms with Crippen LogP contribution in [0.3, 0.4) is 0 Å². The number of fused-ring (bicyclic) bond motifs is 1. The van der Waals surface area contributed by atoms with Gasteiger partial charge in [0.15, 0.2) is 23.0 Å². The van der Waals surface area contributed by atoms with Crippen LogP contribution in [0.4, 0.5) is 10.5 Å². The number of urea groups is 1. The van der Waals surface area contributed by atoms with Crippen LogP contribution in [0.2, 0.25) is 0 Å². The smallest absolute Gasteiger partial charge is 0.343 e. The molecule has 0 aliphatic carbocycles. The van der Waals surface area contributed by atoms with Crippen molar-refractivity contribution in [3.63, 3.8) is 0 Å². The van der Waals surface area contributed by atoms with Crippen molar-refractivity contribution in [2.75, 3.05) is 18.8 Å². The highest BCUT2D eigenvalue weighted by molar-refractivity contribution is 9.10. The molecular formula is C26H17BrN2O8. The number of esters is 1. The summed E-state index contributed by atoms with van der Waals surface area (Å²) in [6.07, 6.45) is 1.32. The number of benzene rings is 3. The number of halogens is 1. The average molecular weight is 565 g/mol. The Morgan fingerprint density at radius 3 is 2.49 bits per heavy atom. The molecule has 2 heterocycles. The Labute approximate surface area is 218 Å². The first-order chi connectivity index (χ1) is 17.8. The number of anilines is 1. The highest BCUT2D eigenvalue weighted by Crippen LogP contribution is 2.34. The maximum Gasteiger partial charge on any atom is 0.343 e. The topological polar surface area (TPSA) is 120 Å². The van der Waals surface area contributed by atoms with E-state index in [4.69, 9.17) is 18.9 Å². The van der Waals surface area contributed by atoms with Crippen molar-refractivity contribution in [1.82, 2.24) is 5.32 Å². The molecular weight excluding hydrogens is 548 g/mol. The summed E-state index contributed by atoms with van der Waals surface area (Å²) in [7, 11) is 1.39. The number of hydrogen-bond donors (Lipinski definition) is 1. The quantitative estimate of drug-likeness (QED) is 0.213. The molecule has 10 nitrogen and oxygen atoms in total. The Morgan fingerprint density at radius 2 is 1.73 bits per heavy atom. The summed E-state index contributed by atoms with van der Waals surface area (Å²) in [5, 5.41) is 2.17. The second-order valence-electron chi connectivity index (χ2n) is 7.80. The summed E-state index contributed by atoms with van der Waals surface area (Å²) < 4.78 is 22.1. The van der Waals surface area contributed by atoms with Gasteiger partial charge in [-0.15, -0.1) is 0 Å². The number of nitrogens with one attached hydrogen (secondary N) is 1. The maximum absolute atomic E-state index is 13.1. The standard InChI is InChI=1S/C26H17BrN2O8/c1-34-21-11-14(2-8-20(21)37-25(32)15-3-9-19-22(12-15)36-13-35-19)10-18-23(30)28-26(33)29(24(18)31)17-6-4-16(27)5-7-17/h2-12H,13H2,1H3,(H,28,30,33)/b18-10+. The first-order valence-electron chi connectivity index (χ1n) is 10.8. The summed E-state index contributed by atoms with van der Waals surface area (Å²) >= 11 is 3.30. The van der Waals surface area contributed by atoms with Crippen molar-refractivity contribution in [3.05, 3.63) is 81.8 Å². The van der Waals surface area contributed by atoms with E-state index < -0.39 is 23.8 Å². The zero-order valence-electron chi connectivity index (χ0n) is 19.1. The van der Waals surface area contributed by atoms with E-state index in [1.165, 1.54) is 31.4 Å². The molecule has 1 fully saturated rings. The van der Waals surface area contributed by atoms with E-state index in [1.807, 2.05) is 0 Å². The van der Waals surface area contributed by atoms with E-state index in [0.29, 0.717) is 22.7 Å². The first kappa shape index (κ1) is 24.1. The summed E-state index contributed by atoms with van der Waals surface area (Å²) in [6, 6.07) is 14.8. The monoisotopic (exact) mass is 564 g/mol. The van der Waals surface area contributed by atoms with Crippen LogP contribution in [0, 0.1) is 0 Å². The average Bonchev–Trinajstić information content (AvgIpc) is 3.36. The minimum absolute atomic E-state index is 0.0776. The van der Waals surface area contributed by atoms with Crippen LogP contribution in [0.25, 0.3) is 6.08 Å². The molecule has 4 amide bonds. The third-order valence-corrected chi connectivity index (χ3v) is 6.02. The van der Waals surface area contributed by atoms with Crippen LogP contribution in [0.5, 0.6) is 23.0 Å². The molecule has 37 heavy (non-hydrogen) atoms. The first-order valence-corrected chi connectivity index (χ1v) is 11.6. The lowest BCUT2D eigenvalue weighted by molar-refractivity contribution is -0.122. The van der Waals surface area contributed by atoms with E-state index in [-0.39, 0.29) is 29.4 Å². The van der Waals surface area contributed by atoms with Gasteiger partial charge < -0.3 is 18.9 Å². The van der Waals surface area contributed by atoms with Gasteiger partial charge in [0.05, 0.1) is 18.4 Å². The molecule has 3 aromatic rings. The molecule has 0 saturated carbocycles. The van der Waals surface area contributed by atoms with Crippen molar-refractivity contribution in [2.45, 2.75) is 0 Å². The summed E-state index contributed by atoms with van der Waals surface area (Å²) in [6.45, 7) is 0.0776. The fourth-order valence-corrected chi connectivity index (χ4v) is 3.95. The van der Waals surface area contributed by atoms with Gasteiger partial charge in [0.1, 0.15) is 5.57 Å². The van der Waals surface area contributed by atoms with Crippen LogP contribution in [0.15, 0.2) is 70.7 Å². The van der Waals surface area contributed by atoms with Gasteiger partial charge in [0.2, 0.25) is 6.79 Å². The van der Waals surface area contributed by atoms with Crippen LogP contribution < -0.4 is 29.2 Å². The summed E-state index contributed by atoms with van der Waals surface area (Å²) in [5.74, 6) is -0.976. The maximum atomic E-state index is 13.1. The molecule has 0 atom stereocenters. The number of amides is 4. The SMILES string of the molecule is COc1cc(/C=C2\C(=O)NC(=O)N(c3ccc(Br)cc3)C2=O)ccc1OC(=O)c1ccc2c(c1)OCO2. The Hall–Kier alpha value is -4.64. The summed E-state index contributed by atoms with van der Waals surface area (Å²) in [4.78, 5) is 51.5. The van der Waals surface area contributed by atoms with Crippen LogP contribution in [-0.4, -0.2) is 37.7 Å². The molecule has 5 rings (SSSR count). The molecule has 0 radical (unpaired) electrons. The van der Waals surface area contributed by atoms with Crippen molar-refractivity contribution >= 4 is 51.5 Å². The Morgan fingerprint density at radius 1 is 0.973 bits per heavy atom. The third kappa shape index (κ3) is 4.76. The number of methoxy groups -OCH3 is 1. The normalized spacial score (nSPS) is 15.6. The number of carbonyl (C=O) groups is 4. The van der Waals surface area contributed by atoms with Crippen molar-refractivity contribution in [2.24, 2.45) is 0 Å². The zero-order chi connectivity index (χ0) is 26.1. The van der Waals surface area contributed by atoms with Crippen molar-refractivity contribution in [1.29, 1.82) is 0 Å². The number of carbonyl (C=O) groups excluding carboxylic acids is 4. The molecule has 1 saturated heterocycles. The van der Waals surface area contributed by atoms with Gasteiger partial charge in [-0.1, -0.05) is 22.0 Å². The molecule has 0 aromatic heterocycles.